The van der Waals surface area contributed by atoms with Crippen molar-refractivity contribution in [3.05, 3.63) is 29.8 Å². The zero-order valence-electron chi connectivity index (χ0n) is 11.0. The van der Waals surface area contributed by atoms with Crippen LogP contribution in [0.5, 0.6) is 0 Å². The van der Waals surface area contributed by atoms with Gasteiger partial charge >= 0.3 is 0 Å². The normalized spacial score (nSPS) is 18.8. The van der Waals surface area contributed by atoms with Crippen LogP contribution in [0, 0.1) is 0 Å². The lowest BCUT2D eigenvalue weighted by atomic mass is 10.1. The van der Waals surface area contributed by atoms with Gasteiger partial charge in [-0.1, -0.05) is 31.5 Å². The van der Waals surface area contributed by atoms with E-state index >= 15 is 0 Å². The molecule has 1 atom stereocenters. The van der Waals surface area contributed by atoms with Gasteiger partial charge in [0.15, 0.2) is 0 Å². The average Bonchev–Trinajstić information content (AvgIpc) is 2.84. The minimum Gasteiger partial charge on any atom is -0.326 e. The number of nitrogens with one attached hydrogen (secondary N) is 2. The predicted octanol–water partition coefficient (Wildman–Crippen LogP) is 2.72. The van der Waals surface area contributed by atoms with Gasteiger partial charge in [-0.25, -0.2) is 0 Å². The molecule has 1 unspecified atom stereocenters. The minimum atomic E-state index is 0.123. The third-order valence-corrected chi connectivity index (χ3v) is 3.40. The van der Waals surface area contributed by atoms with E-state index in [0.717, 1.165) is 31.5 Å². The van der Waals surface area contributed by atoms with Crippen molar-refractivity contribution in [1.82, 2.24) is 5.32 Å². The van der Waals surface area contributed by atoms with Gasteiger partial charge in [0, 0.05) is 18.2 Å². The fraction of sp³-hybridized carbons (Fsp3) is 0.533. The number of para-hydroxylation sites is 1. The van der Waals surface area contributed by atoms with Gasteiger partial charge in [0.05, 0.1) is 0 Å². The molecule has 0 aromatic heterocycles. The second kappa shape index (κ2) is 6.55. The molecule has 98 valence electrons. The Morgan fingerprint density at radius 2 is 2.28 bits per heavy atom. The summed E-state index contributed by atoms with van der Waals surface area (Å²) in [6.45, 7) is 3.20. The van der Waals surface area contributed by atoms with E-state index in [9.17, 15) is 4.79 Å². The maximum atomic E-state index is 12.0. The van der Waals surface area contributed by atoms with Crippen molar-refractivity contribution < 1.29 is 4.79 Å². The highest BCUT2D eigenvalue weighted by atomic mass is 16.1. The van der Waals surface area contributed by atoms with Crippen molar-refractivity contribution in [2.45, 2.75) is 45.1 Å². The quantitative estimate of drug-likeness (QED) is 0.838. The molecule has 2 rings (SSSR count). The summed E-state index contributed by atoms with van der Waals surface area (Å²) < 4.78 is 0. The van der Waals surface area contributed by atoms with Crippen LogP contribution in [0.15, 0.2) is 24.3 Å². The highest BCUT2D eigenvalue weighted by Gasteiger charge is 2.17. The van der Waals surface area contributed by atoms with E-state index in [-0.39, 0.29) is 5.91 Å². The zero-order chi connectivity index (χ0) is 12.8. The van der Waals surface area contributed by atoms with Crippen molar-refractivity contribution in [2.75, 3.05) is 11.9 Å². The molecule has 1 aromatic rings. The van der Waals surface area contributed by atoms with Gasteiger partial charge in [-0.2, -0.15) is 0 Å². The fourth-order valence-corrected chi connectivity index (χ4v) is 2.49. The first-order valence-electron chi connectivity index (χ1n) is 6.90. The second-order valence-electron chi connectivity index (χ2n) is 4.95. The third-order valence-electron chi connectivity index (χ3n) is 3.40. The maximum Gasteiger partial charge on any atom is 0.225 e. The van der Waals surface area contributed by atoms with Crippen LogP contribution in [0.1, 0.15) is 38.2 Å². The van der Waals surface area contributed by atoms with Gasteiger partial charge in [0.25, 0.3) is 0 Å². The van der Waals surface area contributed by atoms with Crippen LogP contribution in [0.4, 0.5) is 5.69 Å². The Kier molecular flexibility index (Phi) is 4.76. The van der Waals surface area contributed by atoms with Gasteiger partial charge in [-0.3, -0.25) is 4.79 Å². The number of anilines is 1. The number of hydrogen-bond acceptors (Lipinski definition) is 2. The summed E-state index contributed by atoms with van der Waals surface area (Å²) >= 11 is 0. The van der Waals surface area contributed by atoms with E-state index in [2.05, 4.69) is 23.6 Å². The van der Waals surface area contributed by atoms with E-state index in [1.54, 1.807) is 0 Å². The van der Waals surface area contributed by atoms with Crippen molar-refractivity contribution >= 4 is 11.6 Å². The molecule has 1 aliphatic heterocycles. The molecule has 0 spiro atoms. The van der Waals surface area contributed by atoms with Gasteiger partial charge in [-0.15, -0.1) is 0 Å². The van der Waals surface area contributed by atoms with Crippen molar-refractivity contribution in [2.24, 2.45) is 0 Å². The van der Waals surface area contributed by atoms with Crippen molar-refractivity contribution in [3.63, 3.8) is 0 Å². The molecule has 1 aliphatic rings. The number of carbonyl (C=O) groups excluding carboxylic acids is 1. The summed E-state index contributed by atoms with van der Waals surface area (Å²) in [6.07, 6.45) is 4.99. The molecule has 1 heterocycles. The molecule has 0 bridgehead atoms. The lowest BCUT2D eigenvalue weighted by Crippen LogP contribution is -2.27. The Bertz CT molecular complexity index is 397. The van der Waals surface area contributed by atoms with Crippen LogP contribution >= 0.6 is 0 Å². The number of rotatable bonds is 5. The Morgan fingerprint density at radius 1 is 1.44 bits per heavy atom. The molecule has 1 aromatic carbocycles. The molecule has 1 saturated heterocycles. The summed E-state index contributed by atoms with van der Waals surface area (Å²) in [6, 6.07) is 8.45. The van der Waals surface area contributed by atoms with E-state index in [1.807, 2.05) is 18.2 Å². The Labute approximate surface area is 109 Å². The average molecular weight is 246 g/mol. The number of benzene rings is 1. The van der Waals surface area contributed by atoms with Gasteiger partial charge in [0.2, 0.25) is 5.91 Å². The van der Waals surface area contributed by atoms with Gasteiger partial charge in [-0.05, 0) is 37.4 Å². The summed E-state index contributed by atoms with van der Waals surface area (Å²) in [5.41, 5.74) is 2.20. The van der Waals surface area contributed by atoms with E-state index in [1.165, 1.54) is 12.0 Å². The lowest BCUT2D eigenvalue weighted by Gasteiger charge is -2.13. The molecular formula is C15H22N2O. The van der Waals surface area contributed by atoms with Crippen LogP contribution < -0.4 is 10.6 Å². The van der Waals surface area contributed by atoms with Crippen LogP contribution in [0.2, 0.25) is 0 Å². The van der Waals surface area contributed by atoms with Crippen molar-refractivity contribution in [1.29, 1.82) is 0 Å². The first-order chi connectivity index (χ1) is 8.79. The highest BCUT2D eigenvalue weighted by Crippen LogP contribution is 2.18. The largest absolute Gasteiger partial charge is 0.326 e. The molecule has 0 aliphatic carbocycles. The number of aryl methyl sites for hydroxylation is 1. The molecule has 18 heavy (non-hydrogen) atoms. The standard InChI is InChI=1S/C15H22N2O/c1-2-6-12-7-3-4-9-14(12)17-15(18)11-13-8-5-10-16-13/h3-4,7,9,13,16H,2,5-6,8,10-11H2,1H3,(H,17,18). The van der Waals surface area contributed by atoms with Gasteiger partial charge < -0.3 is 10.6 Å². The molecule has 3 nitrogen and oxygen atoms in total. The zero-order valence-corrected chi connectivity index (χ0v) is 11.0. The molecular weight excluding hydrogens is 224 g/mol. The first kappa shape index (κ1) is 13.1. The molecule has 1 amide bonds. The van der Waals surface area contributed by atoms with Gasteiger partial charge in [0.1, 0.15) is 0 Å². The number of hydrogen-bond donors (Lipinski definition) is 2. The summed E-state index contributed by atoms with van der Waals surface area (Å²) in [7, 11) is 0. The molecule has 1 fully saturated rings. The van der Waals surface area contributed by atoms with E-state index in [4.69, 9.17) is 0 Å². The second-order valence-corrected chi connectivity index (χ2v) is 4.95. The number of carbonyl (C=O) groups is 1. The Balaban J connectivity index is 1.93. The molecule has 2 N–H and O–H groups in total. The lowest BCUT2D eigenvalue weighted by molar-refractivity contribution is -0.116. The van der Waals surface area contributed by atoms with Crippen LogP contribution in [0.3, 0.4) is 0 Å². The molecule has 0 saturated carbocycles. The SMILES string of the molecule is CCCc1ccccc1NC(=O)CC1CCCN1. The van der Waals surface area contributed by atoms with Crippen LogP contribution in [-0.2, 0) is 11.2 Å². The smallest absolute Gasteiger partial charge is 0.225 e. The van der Waals surface area contributed by atoms with Crippen LogP contribution in [-0.4, -0.2) is 18.5 Å². The topological polar surface area (TPSA) is 41.1 Å². The van der Waals surface area contributed by atoms with Crippen LogP contribution in [0.25, 0.3) is 0 Å². The summed E-state index contributed by atoms with van der Waals surface area (Å²) in [4.78, 5) is 12.0. The maximum absolute atomic E-state index is 12.0. The van der Waals surface area contributed by atoms with E-state index in [0.29, 0.717) is 12.5 Å². The fourth-order valence-electron chi connectivity index (χ4n) is 2.49. The molecule has 3 heteroatoms. The van der Waals surface area contributed by atoms with E-state index < -0.39 is 0 Å². The van der Waals surface area contributed by atoms with Crippen molar-refractivity contribution in [3.8, 4) is 0 Å². The molecule has 0 radical (unpaired) electrons. The Morgan fingerprint density at radius 3 is 3.00 bits per heavy atom. The summed E-state index contributed by atoms with van der Waals surface area (Å²) in [5.74, 6) is 0.123. The number of amides is 1. The Hall–Kier alpha value is -1.35. The highest BCUT2D eigenvalue weighted by molar-refractivity contribution is 5.91. The summed E-state index contributed by atoms with van der Waals surface area (Å²) in [5, 5.41) is 6.40. The minimum absolute atomic E-state index is 0.123. The first-order valence-corrected chi connectivity index (χ1v) is 6.90. The predicted molar refractivity (Wildman–Crippen MR) is 74.7 cm³/mol. The third kappa shape index (κ3) is 3.57. The monoisotopic (exact) mass is 246 g/mol.